The van der Waals surface area contributed by atoms with Crippen molar-refractivity contribution in [1.82, 2.24) is 0 Å². The molecule has 40 heavy (non-hydrogen) atoms. The number of fused-ring (bicyclic) bond motifs is 1. The number of nitrogens with zero attached hydrogens (tertiary/aromatic N) is 2. The highest BCUT2D eigenvalue weighted by Gasteiger charge is 2.37. The van der Waals surface area contributed by atoms with E-state index in [0.717, 1.165) is 17.0 Å². The van der Waals surface area contributed by atoms with Gasteiger partial charge in [-0.1, -0.05) is 12.1 Å². The van der Waals surface area contributed by atoms with Crippen LogP contribution in [0.4, 0.5) is 11.4 Å². The Morgan fingerprint density at radius 3 is 1.93 bits per heavy atom. The van der Waals surface area contributed by atoms with Gasteiger partial charge in [0.1, 0.15) is 23.0 Å². The maximum Gasteiger partial charge on any atom is 0.336 e. The summed E-state index contributed by atoms with van der Waals surface area (Å²) in [5.74, 6) is -3.54. The Hall–Kier alpha value is -6.04. The van der Waals surface area contributed by atoms with Crippen molar-refractivity contribution in [1.29, 1.82) is 0 Å². The minimum absolute atomic E-state index is 0.0323. The van der Waals surface area contributed by atoms with Crippen LogP contribution in [0.2, 0.25) is 0 Å². The quantitative estimate of drug-likeness (QED) is 0.168. The summed E-state index contributed by atoms with van der Waals surface area (Å²) in [5.41, 5.74) is -0.688. The van der Waals surface area contributed by atoms with Crippen LogP contribution in [0.5, 0.6) is 23.0 Å². The number of ether oxygens (including phenoxy) is 2. The van der Waals surface area contributed by atoms with Crippen LogP contribution in [-0.4, -0.2) is 38.9 Å². The van der Waals surface area contributed by atoms with Crippen molar-refractivity contribution in [3.05, 3.63) is 117 Å². The molecule has 1 aliphatic rings. The largest absolute Gasteiger partial charge is 0.478 e. The number of amides is 2. The average molecular weight is 540 g/mol. The molecule has 1 heterocycles. The van der Waals surface area contributed by atoms with Crippen LogP contribution in [0.3, 0.4) is 0 Å². The molecule has 0 bridgehead atoms. The molecule has 0 radical (unpaired) electrons. The molecular weight excluding hydrogens is 524 g/mol. The van der Waals surface area contributed by atoms with Gasteiger partial charge in [-0.05, 0) is 54.6 Å². The number of anilines is 1. The van der Waals surface area contributed by atoms with Gasteiger partial charge in [0.15, 0.2) is 0 Å². The third-order valence-corrected chi connectivity index (χ3v) is 5.89. The normalized spacial score (nSPS) is 12.2. The lowest BCUT2D eigenvalue weighted by Gasteiger charge is -2.15. The third kappa shape index (κ3) is 4.79. The molecule has 5 rings (SSSR count). The molecule has 0 atom stereocenters. The van der Waals surface area contributed by atoms with Gasteiger partial charge in [0.2, 0.25) is 0 Å². The minimum atomic E-state index is -1.45. The summed E-state index contributed by atoms with van der Waals surface area (Å²) in [4.78, 5) is 60.5. The Bertz CT molecular complexity index is 1750. The summed E-state index contributed by atoms with van der Waals surface area (Å²) in [6.07, 6.45) is 0. The number of non-ortho nitro benzene ring substituents is 1. The molecule has 12 heteroatoms. The van der Waals surface area contributed by atoms with E-state index < -0.39 is 39.8 Å². The number of nitro benzene ring substituents is 1. The molecule has 198 valence electrons. The fraction of sp³-hybridized carbons (Fsp3) is 0. The summed E-state index contributed by atoms with van der Waals surface area (Å²) >= 11 is 0. The highest BCUT2D eigenvalue weighted by atomic mass is 16.6. The highest BCUT2D eigenvalue weighted by Crippen LogP contribution is 2.35. The van der Waals surface area contributed by atoms with E-state index in [-0.39, 0.29) is 45.5 Å². The van der Waals surface area contributed by atoms with E-state index in [1.165, 1.54) is 72.8 Å². The standard InChI is InChI=1S/C28H16N2O10/c31-25-21-9-7-19(40-18-6-2-4-16(12-18)30(37)38)13-23(21)26(32)29(25)15-3-1-5-17(11-15)39-20-8-10-22(27(33)34)24(14-20)28(35)36/h1-14H,(H,33,34)(H,35,36). The van der Waals surface area contributed by atoms with Crippen molar-refractivity contribution in [3.63, 3.8) is 0 Å². The van der Waals surface area contributed by atoms with Gasteiger partial charge in [0.05, 0.1) is 38.9 Å². The first kappa shape index (κ1) is 25.6. The lowest BCUT2D eigenvalue weighted by Crippen LogP contribution is -2.29. The van der Waals surface area contributed by atoms with Crippen LogP contribution in [-0.2, 0) is 0 Å². The molecule has 4 aromatic carbocycles. The summed E-state index contributed by atoms with van der Waals surface area (Å²) in [7, 11) is 0. The number of carboxylic acids is 2. The van der Waals surface area contributed by atoms with E-state index in [9.17, 15) is 39.5 Å². The smallest absolute Gasteiger partial charge is 0.336 e. The van der Waals surface area contributed by atoms with Gasteiger partial charge in [0.25, 0.3) is 17.5 Å². The van der Waals surface area contributed by atoms with E-state index in [2.05, 4.69) is 0 Å². The molecule has 12 nitrogen and oxygen atoms in total. The lowest BCUT2D eigenvalue weighted by atomic mass is 10.1. The number of hydrogen-bond donors (Lipinski definition) is 2. The molecule has 0 fully saturated rings. The number of aromatic carboxylic acids is 2. The average Bonchev–Trinajstić information content (AvgIpc) is 3.17. The molecule has 0 unspecified atom stereocenters. The number of hydrogen-bond acceptors (Lipinski definition) is 8. The Labute approximate surface area is 224 Å². The predicted molar refractivity (Wildman–Crippen MR) is 138 cm³/mol. The maximum atomic E-state index is 13.2. The van der Waals surface area contributed by atoms with Crippen LogP contribution in [0.15, 0.2) is 84.9 Å². The van der Waals surface area contributed by atoms with Gasteiger partial charge in [-0.2, -0.15) is 0 Å². The number of nitro groups is 1. The summed E-state index contributed by atoms with van der Waals surface area (Å²) in [6, 6.07) is 19.1. The number of carboxylic acid groups (broad SMARTS) is 2. The number of carbonyl (C=O) groups is 4. The monoisotopic (exact) mass is 540 g/mol. The van der Waals surface area contributed by atoms with E-state index in [1.54, 1.807) is 0 Å². The fourth-order valence-corrected chi connectivity index (χ4v) is 4.09. The van der Waals surface area contributed by atoms with Crippen LogP contribution >= 0.6 is 0 Å². The van der Waals surface area contributed by atoms with Gasteiger partial charge in [-0.15, -0.1) is 0 Å². The molecule has 2 N–H and O–H groups in total. The molecule has 0 spiro atoms. The molecular formula is C28H16N2O10. The summed E-state index contributed by atoms with van der Waals surface area (Å²) < 4.78 is 11.4. The molecule has 0 saturated carbocycles. The predicted octanol–water partition coefficient (Wildman–Crippen LogP) is 5.38. The van der Waals surface area contributed by atoms with Crippen molar-refractivity contribution in [2.75, 3.05) is 4.90 Å². The maximum absolute atomic E-state index is 13.2. The fourth-order valence-electron chi connectivity index (χ4n) is 4.09. The highest BCUT2D eigenvalue weighted by molar-refractivity contribution is 6.34. The number of imide groups is 1. The van der Waals surface area contributed by atoms with Gasteiger partial charge in [-0.3, -0.25) is 19.7 Å². The molecule has 2 amide bonds. The van der Waals surface area contributed by atoms with E-state index >= 15 is 0 Å². The Balaban J connectivity index is 1.39. The van der Waals surface area contributed by atoms with Gasteiger partial charge < -0.3 is 19.7 Å². The van der Waals surface area contributed by atoms with Crippen LogP contribution in [0.25, 0.3) is 0 Å². The van der Waals surface area contributed by atoms with Crippen molar-refractivity contribution in [2.24, 2.45) is 0 Å². The van der Waals surface area contributed by atoms with Crippen LogP contribution < -0.4 is 14.4 Å². The summed E-state index contributed by atoms with van der Waals surface area (Å²) in [6.45, 7) is 0. The van der Waals surface area contributed by atoms with Crippen molar-refractivity contribution in [2.45, 2.75) is 0 Å². The topological polar surface area (TPSA) is 174 Å². The minimum Gasteiger partial charge on any atom is -0.478 e. The molecule has 0 saturated heterocycles. The van der Waals surface area contributed by atoms with E-state index in [1.807, 2.05) is 0 Å². The Morgan fingerprint density at radius 1 is 0.675 bits per heavy atom. The SMILES string of the molecule is O=C(O)c1ccc(Oc2cccc(N3C(=O)c4ccc(Oc5cccc([N+](=O)[O-])c5)cc4C3=O)c2)cc1C(=O)O. The number of rotatable bonds is 8. The molecule has 0 aromatic heterocycles. The van der Waals surface area contributed by atoms with Crippen molar-refractivity contribution in [3.8, 4) is 23.0 Å². The zero-order valence-corrected chi connectivity index (χ0v) is 20.1. The third-order valence-electron chi connectivity index (χ3n) is 5.89. The van der Waals surface area contributed by atoms with E-state index in [4.69, 9.17) is 9.47 Å². The first-order chi connectivity index (χ1) is 19.1. The van der Waals surface area contributed by atoms with E-state index in [0.29, 0.717) is 0 Å². The van der Waals surface area contributed by atoms with Crippen LogP contribution in [0.1, 0.15) is 41.4 Å². The second-order valence-electron chi connectivity index (χ2n) is 8.43. The van der Waals surface area contributed by atoms with Crippen LogP contribution in [0, 0.1) is 10.1 Å². The second kappa shape index (κ2) is 10.0. The van der Waals surface area contributed by atoms with Gasteiger partial charge in [-0.25, -0.2) is 14.5 Å². The zero-order valence-electron chi connectivity index (χ0n) is 20.1. The molecule has 0 aliphatic carbocycles. The first-order valence-corrected chi connectivity index (χ1v) is 11.5. The molecule has 1 aliphatic heterocycles. The van der Waals surface area contributed by atoms with Crippen molar-refractivity contribution >= 4 is 35.1 Å². The second-order valence-corrected chi connectivity index (χ2v) is 8.43. The first-order valence-electron chi connectivity index (χ1n) is 11.5. The lowest BCUT2D eigenvalue weighted by molar-refractivity contribution is -0.384. The Kier molecular flexibility index (Phi) is 6.41. The number of carbonyl (C=O) groups excluding carboxylic acids is 2. The molecule has 4 aromatic rings. The van der Waals surface area contributed by atoms with Gasteiger partial charge in [0, 0.05) is 12.1 Å². The van der Waals surface area contributed by atoms with Crippen molar-refractivity contribution < 1.29 is 43.8 Å². The zero-order chi connectivity index (χ0) is 28.6. The Morgan fingerprint density at radius 2 is 1.25 bits per heavy atom. The summed E-state index contributed by atoms with van der Waals surface area (Å²) in [5, 5.41) is 29.6. The number of benzene rings is 4. The van der Waals surface area contributed by atoms with Gasteiger partial charge >= 0.3 is 11.9 Å².